The van der Waals surface area contributed by atoms with E-state index >= 15 is 0 Å². The first-order chi connectivity index (χ1) is 17.7. The first kappa shape index (κ1) is 26.0. The van der Waals surface area contributed by atoms with Gasteiger partial charge in [0.25, 0.3) is 5.91 Å². The van der Waals surface area contributed by atoms with Crippen LogP contribution in [0, 0.1) is 0 Å². The van der Waals surface area contributed by atoms with Gasteiger partial charge in [0.2, 0.25) is 5.91 Å². The standard InChI is InChI=1S/C27H26F3N3O4/c1-36-23-9-5-2-6-20(23)24(34)33-26(14-15-37-17-26)25(35)31-16-18-10-12-19(13-11-18)32-22-8-4-3-7-21(22)27(28,29)30/h2-13,32H,14-17H2,1H3,(H,31,35)(H,33,34). The molecule has 0 spiro atoms. The molecule has 1 saturated heterocycles. The molecule has 0 radical (unpaired) electrons. The molecule has 10 heteroatoms. The highest BCUT2D eigenvalue weighted by Gasteiger charge is 2.44. The largest absolute Gasteiger partial charge is 0.496 e. The van der Waals surface area contributed by atoms with Crippen molar-refractivity contribution in [2.75, 3.05) is 25.6 Å². The average Bonchev–Trinajstić information content (AvgIpc) is 3.37. The SMILES string of the molecule is COc1ccccc1C(=O)NC1(C(=O)NCc2ccc(Nc3ccccc3C(F)(F)F)cc2)CCOC1. The van der Waals surface area contributed by atoms with Crippen LogP contribution >= 0.6 is 0 Å². The third kappa shape index (κ3) is 6.03. The van der Waals surface area contributed by atoms with E-state index in [1.807, 2.05) is 0 Å². The second-order valence-corrected chi connectivity index (χ2v) is 8.59. The van der Waals surface area contributed by atoms with E-state index in [-0.39, 0.29) is 18.8 Å². The molecule has 3 aromatic carbocycles. The number of carbonyl (C=O) groups excluding carboxylic acids is 2. The van der Waals surface area contributed by atoms with Crippen LogP contribution in [0.5, 0.6) is 5.75 Å². The average molecular weight is 514 g/mol. The normalized spacial score (nSPS) is 17.2. The molecule has 0 bridgehead atoms. The lowest BCUT2D eigenvalue weighted by Gasteiger charge is -2.28. The van der Waals surface area contributed by atoms with Crippen LogP contribution in [-0.2, 0) is 22.3 Å². The minimum atomic E-state index is -4.48. The molecule has 3 N–H and O–H groups in total. The van der Waals surface area contributed by atoms with Crippen molar-refractivity contribution < 1.29 is 32.2 Å². The summed E-state index contributed by atoms with van der Waals surface area (Å²) in [7, 11) is 1.46. The number of carbonyl (C=O) groups is 2. The van der Waals surface area contributed by atoms with E-state index in [9.17, 15) is 22.8 Å². The summed E-state index contributed by atoms with van der Waals surface area (Å²) >= 11 is 0. The Labute approximate surface area is 212 Å². The summed E-state index contributed by atoms with van der Waals surface area (Å²) in [5.41, 5.74) is -0.541. The molecule has 1 aliphatic heterocycles. The Bertz CT molecular complexity index is 1260. The van der Waals surface area contributed by atoms with Gasteiger partial charge in [-0.2, -0.15) is 13.2 Å². The molecular weight excluding hydrogens is 487 g/mol. The van der Waals surface area contributed by atoms with Crippen LogP contribution in [0.1, 0.15) is 27.9 Å². The minimum Gasteiger partial charge on any atom is -0.496 e. The Morgan fingerprint density at radius 1 is 1.00 bits per heavy atom. The first-order valence-electron chi connectivity index (χ1n) is 11.6. The number of hydrogen-bond donors (Lipinski definition) is 3. The van der Waals surface area contributed by atoms with Gasteiger partial charge in [0.05, 0.1) is 30.5 Å². The molecule has 1 unspecified atom stereocenters. The van der Waals surface area contributed by atoms with Gasteiger partial charge in [-0.25, -0.2) is 0 Å². The maximum Gasteiger partial charge on any atom is 0.418 e. The maximum atomic E-state index is 13.2. The summed E-state index contributed by atoms with van der Waals surface area (Å²) in [5, 5.41) is 8.43. The molecule has 1 atom stereocenters. The van der Waals surface area contributed by atoms with Crippen molar-refractivity contribution >= 4 is 23.2 Å². The van der Waals surface area contributed by atoms with E-state index in [1.54, 1.807) is 48.5 Å². The zero-order chi connectivity index (χ0) is 26.5. The Hall–Kier alpha value is -4.05. The van der Waals surface area contributed by atoms with E-state index in [0.717, 1.165) is 11.6 Å². The van der Waals surface area contributed by atoms with Gasteiger partial charge in [0.1, 0.15) is 11.3 Å². The van der Waals surface area contributed by atoms with Crippen molar-refractivity contribution in [2.24, 2.45) is 0 Å². The lowest BCUT2D eigenvalue weighted by atomic mass is 9.96. The van der Waals surface area contributed by atoms with E-state index in [4.69, 9.17) is 9.47 Å². The molecule has 0 saturated carbocycles. The Morgan fingerprint density at radius 3 is 2.38 bits per heavy atom. The molecule has 3 aromatic rings. The predicted octanol–water partition coefficient (Wildman–Crippen LogP) is 4.66. The molecule has 0 aromatic heterocycles. The van der Waals surface area contributed by atoms with Crippen molar-refractivity contribution in [3.63, 3.8) is 0 Å². The summed E-state index contributed by atoms with van der Waals surface area (Å²) < 4.78 is 50.4. The van der Waals surface area contributed by atoms with Crippen LogP contribution in [0.25, 0.3) is 0 Å². The van der Waals surface area contributed by atoms with Gasteiger partial charge in [-0.15, -0.1) is 0 Å². The van der Waals surface area contributed by atoms with Gasteiger partial charge >= 0.3 is 6.18 Å². The predicted molar refractivity (Wildman–Crippen MR) is 132 cm³/mol. The number of anilines is 2. The fourth-order valence-electron chi connectivity index (χ4n) is 4.07. The quantitative estimate of drug-likeness (QED) is 0.408. The van der Waals surface area contributed by atoms with Gasteiger partial charge in [0, 0.05) is 25.3 Å². The molecule has 1 heterocycles. The number of benzene rings is 3. The van der Waals surface area contributed by atoms with E-state index in [0.29, 0.717) is 30.0 Å². The summed E-state index contributed by atoms with van der Waals surface area (Å²) in [4.78, 5) is 26.1. The van der Waals surface area contributed by atoms with Gasteiger partial charge in [0.15, 0.2) is 0 Å². The Morgan fingerprint density at radius 2 is 1.70 bits per heavy atom. The molecular formula is C27H26F3N3O4. The van der Waals surface area contributed by atoms with E-state index < -0.39 is 29.1 Å². The van der Waals surface area contributed by atoms with Crippen LogP contribution < -0.4 is 20.7 Å². The van der Waals surface area contributed by atoms with Crippen LogP contribution in [0.3, 0.4) is 0 Å². The molecule has 0 aliphatic carbocycles. The molecule has 37 heavy (non-hydrogen) atoms. The number of halogens is 3. The topological polar surface area (TPSA) is 88.7 Å². The van der Waals surface area contributed by atoms with Crippen molar-refractivity contribution in [1.29, 1.82) is 0 Å². The monoisotopic (exact) mass is 513 g/mol. The molecule has 7 nitrogen and oxygen atoms in total. The van der Waals surface area contributed by atoms with Crippen LogP contribution in [0.2, 0.25) is 0 Å². The second-order valence-electron chi connectivity index (χ2n) is 8.59. The number of ether oxygens (including phenoxy) is 2. The van der Waals surface area contributed by atoms with Gasteiger partial charge < -0.3 is 25.4 Å². The zero-order valence-corrected chi connectivity index (χ0v) is 20.0. The fourth-order valence-corrected chi connectivity index (χ4v) is 4.07. The van der Waals surface area contributed by atoms with Gasteiger partial charge in [-0.1, -0.05) is 36.4 Å². The lowest BCUT2D eigenvalue weighted by molar-refractivity contribution is -0.137. The summed E-state index contributed by atoms with van der Waals surface area (Å²) in [6.07, 6.45) is -4.17. The molecule has 2 amide bonds. The number of para-hydroxylation sites is 2. The second kappa shape index (κ2) is 10.9. The highest BCUT2D eigenvalue weighted by atomic mass is 19.4. The zero-order valence-electron chi connectivity index (χ0n) is 20.0. The number of hydrogen-bond acceptors (Lipinski definition) is 5. The smallest absolute Gasteiger partial charge is 0.418 e. The molecule has 1 aliphatic rings. The summed E-state index contributed by atoms with van der Waals surface area (Å²) in [5.74, 6) is -0.455. The van der Waals surface area contributed by atoms with E-state index in [2.05, 4.69) is 16.0 Å². The third-order valence-electron chi connectivity index (χ3n) is 6.08. The number of amides is 2. The molecule has 4 rings (SSSR count). The number of methoxy groups -OCH3 is 1. The lowest BCUT2D eigenvalue weighted by Crippen LogP contribution is -2.59. The van der Waals surface area contributed by atoms with Crippen molar-refractivity contribution in [1.82, 2.24) is 10.6 Å². The molecule has 1 fully saturated rings. The highest BCUT2D eigenvalue weighted by molar-refractivity contribution is 6.01. The fraction of sp³-hybridized carbons (Fsp3) is 0.259. The van der Waals surface area contributed by atoms with Gasteiger partial charge in [-0.05, 0) is 42.0 Å². The number of nitrogens with one attached hydrogen (secondary N) is 3. The first-order valence-corrected chi connectivity index (χ1v) is 11.6. The Kier molecular flexibility index (Phi) is 7.68. The maximum absolute atomic E-state index is 13.2. The van der Waals surface area contributed by atoms with E-state index in [1.165, 1.54) is 25.3 Å². The number of rotatable bonds is 8. The van der Waals surface area contributed by atoms with Gasteiger partial charge in [-0.3, -0.25) is 9.59 Å². The van der Waals surface area contributed by atoms with Crippen molar-refractivity contribution in [3.05, 3.63) is 89.5 Å². The number of alkyl halides is 3. The van der Waals surface area contributed by atoms with Crippen molar-refractivity contribution in [3.8, 4) is 5.75 Å². The highest BCUT2D eigenvalue weighted by Crippen LogP contribution is 2.35. The van der Waals surface area contributed by atoms with Crippen LogP contribution in [-0.4, -0.2) is 37.7 Å². The molecule has 194 valence electrons. The van der Waals surface area contributed by atoms with Crippen molar-refractivity contribution in [2.45, 2.75) is 24.7 Å². The third-order valence-corrected chi connectivity index (χ3v) is 6.08. The Balaban J connectivity index is 1.40. The summed E-state index contributed by atoms with van der Waals surface area (Å²) in [6, 6.07) is 18.6. The van der Waals surface area contributed by atoms with Crippen LogP contribution in [0.15, 0.2) is 72.8 Å². The minimum absolute atomic E-state index is 0.0290. The van der Waals surface area contributed by atoms with Crippen LogP contribution in [0.4, 0.5) is 24.5 Å². The summed E-state index contributed by atoms with van der Waals surface area (Å²) in [6.45, 7) is 0.505.